The fourth-order valence-corrected chi connectivity index (χ4v) is 3.21. The molecule has 0 spiro atoms. The highest BCUT2D eigenvalue weighted by atomic mass is 19.1. The van der Waals surface area contributed by atoms with Crippen LogP contribution < -0.4 is 4.90 Å². The smallest absolute Gasteiger partial charge is 0.183 e. The lowest BCUT2D eigenvalue weighted by Crippen LogP contribution is -2.34. The van der Waals surface area contributed by atoms with Gasteiger partial charge in [-0.25, -0.2) is 24.3 Å². The van der Waals surface area contributed by atoms with Gasteiger partial charge in [-0.3, -0.25) is 0 Å². The van der Waals surface area contributed by atoms with Crippen LogP contribution in [0.2, 0.25) is 0 Å². The van der Waals surface area contributed by atoms with Crippen molar-refractivity contribution in [2.75, 3.05) is 25.2 Å². The first kappa shape index (κ1) is 14.9. The Kier molecular flexibility index (Phi) is 3.81. The van der Waals surface area contributed by atoms with Gasteiger partial charge in [-0.2, -0.15) is 0 Å². The van der Waals surface area contributed by atoms with E-state index in [2.05, 4.69) is 24.9 Å². The molecule has 7 nitrogen and oxygen atoms in total. The topological polar surface area (TPSA) is 79.8 Å². The highest BCUT2D eigenvalue weighted by molar-refractivity contribution is 5.90. The van der Waals surface area contributed by atoms with Crippen LogP contribution in [0.25, 0.3) is 22.4 Å². The number of aromatic amines is 1. The molecule has 1 aliphatic rings. The summed E-state index contributed by atoms with van der Waals surface area (Å²) in [7, 11) is 1.66. The van der Waals surface area contributed by atoms with Crippen LogP contribution in [0.3, 0.4) is 0 Å². The van der Waals surface area contributed by atoms with Gasteiger partial charge in [-0.05, 0) is 12.8 Å². The largest absolute Gasteiger partial charge is 0.383 e. The lowest BCUT2D eigenvalue weighted by molar-refractivity contribution is 0.180. The van der Waals surface area contributed by atoms with E-state index in [1.165, 1.54) is 12.5 Å². The number of hydrogen-bond donors (Lipinski definition) is 1. The molecule has 4 heterocycles. The molecule has 0 amide bonds. The Balaban J connectivity index is 1.76. The molecule has 3 aromatic heterocycles. The lowest BCUT2D eigenvalue weighted by atomic mass is 10.2. The summed E-state index contributed by atoms with van der Waals surface area (Å²) in [4.78, 5) is 21.9. The summed E-state index contributed by atoms with van der Waals surface area (Å²) in [6, 6.07) is 0.138. The first-order valence-electron chi connectivity index (χ1n) is 7.83. The quantitative estimate of drug-likeness (QED) is 0.791. The Labute approximate surface area is 137 Å². The molecule has 0 radical (unpaired) electrons. The van der Waals surface area contributed by atoms with Crippen LogP contribution in [0.5, 0.6) is 0 Å². The summed E-state index contributed by atoms with van der Waals surface area (Å²) in [6.07, 6.45) is 8.13. The number of aromatic nitrogens is 5. The van der Waals surface area contributed by atoms with Gasteiger partial charge in [0.1, 0.15) is 12.0 Å². The molecule has 0 aromatic carbocycles. The number of methoxy groups -OCH3 is 1. The molecule has 24 heavy (non-hydrogen) atoms. The van der Waals surface area contributed by atoms with Crippen LogP contribution in [0, 0.1) is 5.82 Å². The van der Waals surface area contributed by atoms with Crippen molar-refractivity contribution in [2.45, 2.75) is 18.9 Å². The van der Waals surface area contributed by atoms with Gasteiger partial charge in [0.25, 0.3) is 0 Å². The number of halogens is 1. The van der Waals surface area contributed by atoms with Gasteiger partial charge in [0.05, 0.1) is 18.8 Å². The van der Waals surface area contributed by atoms with Gasteiger partial charge in [0, 0.05) is 37.0 Å². The molecule has 0 aliphatic carbocycles. The predicted molar refractivity (Wildman–Crippen MR) is 87.1 cm³/mol. The molecule has 1 N–H and O–H groups in total. The van der Waals surface area contributed by atoms with Gasteiger partial charge in [-0.15, -0.1) is 0 Å². The number of anilines is 1. The van der Waals surface area contributed by atoms with Crippen molar-refractivity contribution in [3.63, 3.8) is 0 Å². The van der Waals surface area contributed by atoms with E-state index < -0.39 is 5.82 Å². The van der Waals surface area contributed by atoms with E-state index in [9.17, 15) is 4.39 Å². The second-order valence-corrected chi connectivity index (χ2v) is 5.80. The SMILES string of the molecule is COCC1CCCN1c1nc(-c2c[nH]c3ncncc23)ncc1F. The summed E-state index contributed by atoms with van der Waals surface area (Å²) < 4.78 is 19.6. The van der Waals surface area contributed by atoms with Crippen LogP contribution in [0.15, 0.2) is 24.9 Å². The summed E-state index contributed by atoms with van der Waals surface area (Å²) >= 11 is 0. The Bertz CT molecular complexity index is 867. The van der Waals surface area contributed by atoms with Crippen LogP contribution in [-0.4, -0.2) is 51.2 Å². The minimum atomic E-state index is -0.419. The Morgan fingerprint density at radius 2 is 2.29 bits per heavy atom. The first-order chi connectivity index (χ1) is 11.8. The second kappa shape index (κ2) is 6.12. The molecule has 1 saturated heterocycles. The van der Waals surface area contributed by atoms with Crippen molar-refractivity contribution >= 4 is 16.9 Å². The van der Waals surface area contributed by atoms with E-state index in [0.717, 1.165) is 30.3 Å². The first-order valence-corrected chi connectivity index (χ1v) is 7.83. The molecule has 1 unspecified atom stereocenters. The molecule has 3 aromatic rings. The van der Waals surface area contributed by atoms with Crippen molar-refractivity contribution in [1.82, 2.24) is 24.9 Å². The van der Waals surface area contributed by atoms with E-state index in [1.54, 1.807) is 19.5 Å². The van der Waals surface area contributed by atoms with Crippen molar-refractivity contribution in [2.24, 2.45) is 0 Å². The van der Waals surface area contributed by atoms with Crippen molar-refractivity contribution in [3.05, 3.63) is 30.7 Å². The third kappa shape index (κ3) is 2.48. The van der Waals surface area contributed by atoms with Crippen LogP contribution in [0.4, 0.5) is 10.2 Å². The van der Waals surface area contributed by atoms with Crippen LogP contribution in [-0.2, 0) is 4.74 Å². The second-order valence-electron chi connectivity index (χ2n) is 5.80. The van der Waals surface area contributed by atoms with Gasteiger partial charge in [0.15, 0.2) is 17.5 Å². The molecule has 1 atom stereocenters. The Morgan fingerprint density at radius 1 is 1.38 bits per heavy atom. The molecular formula is C16H17FN6O. The average Bonchev–Trinajstić information content (AvgIpc) is 3.23. The van der Waals surface area contributed by atoms with E-state index >= 15 is 0 Å². The zero-order valence-corrected chi connectivity index (χ0v) is 13.2. The fraction of sp³-hybridized carbons (Fsp3) is 0.375. The standard InChI is InChI=1S/C16H17FN6O/c1-24-8-10-3-2-4-23(10)16-13(17)7-20-15(22-16)12-6-19-14-11(12)5-18-9-21-14/h5-7,9-10H,2-4,8H2,1H3,(H,18,19,21). The van der Waals surface area contributed by atoms with Gasteiger partial charge >= 0.3 is 0 Å². The van der Waals surface area contributed by atoms with Crippen molar-refractivity contribution in [1.29, 1.82) is 0 Å². The summed E-state index contributed by atoms with van der Waals surface area (Å²) in [5, 5.41) is 0.810. The normalized spacial score (nSPS) is 17.8. The van der Waals surface area contributed by atoms with Gasteiger partial charge in [-0.1, -0.05) is 0 Å². The van der Waals surface area contributed by atoms with Gasteiger partial charge < -0.3 is 14.6 Å². The Hall–Kier alpha value is -2.61. The number of nitrogens with zero attached hydrogens (tertiary/aromatic N) is 5. The fourth-order valence-electron chi connectivity index (χ4n) is 3.21. The van der Waals surface area contributed by atoms with Crippen molar-refractivity contribution < 1.29 is 9.13 Å². The number of ether oxygens (including phenoxy) is 1. The van der Waals surface area contributed by atoms with Gasteiger partial charge in [0.2, 0.25) is 0 Å². The molecule has 124 valence electrons. The number of fused-ring (bicyclic) bond motifs is 1. The number of H-pyrrole nitrogens is 1. The number of hydrogen-bond acceptors (Lipinski definition) is 6. The van der Waals surface area contributed by atoms with E-state index in [1.807, 2.05) is 4.90 Å². The third-order valence-corrected chi connectivity index (χ3v) is 4.33. The summed E-state index contributed by atoms with van der Waals surface area (Å²) in [6.45, 7) is 1.32. The maximum absolute atomic E-state index is 14.4. The molecule has 4 rings (SSSR count). The monoisotopic (exact) mass is 328 g/mol. The maximum atomic E-state index is 14.4. The summed E-state index contributed by atoms with van der Waals surface area (Å²) in [5.41, 5.74) is 1.46. The third-order valence-electron chi connectivity index (χ3n) is 4.33. The van der Waals surface area contributed by atoms with Crippen molar-refractivity contribution in [3.8, 4) is 11.4 Å². The number of nitrogens with one attached hydrogen (secondary N) is 1. The van der Waals surface area contributed by atoms with Crippen LogP contribution in [0.1, 0.15) is 12.8 Å². The highest BCUT2D eigenvalue weighted by Crippen LogP contribution is 2.30. The molecule has 1 fully saturated rings. The number of rotatable bonds is 4. The molecular weight excluding hydrogens is 311 g/mol. The maximum Gasteiger partial charge on any atom is 0.183 e. The van der Waals surface area contributed by atoms with E-state index in [-0.39, 0.29) is 6.04 Å². The van der Waals surface area contributed by atoms with E-state index in [0.29, 0.717) is 23.9 Å². The molecule has 0 bridgehead atoms. The molecule has 0 saturated carbocycles. The highest BCUT2D eigenvalue weighted by Gasteiger charge is 2.28. The van der Waals surface area contributed by atoms with Crippen LogP contribution >= 0.6 is 0 Å². The Morgan fingerprint density at radius 3 is 3.17 bits per heavy atom. The average molecular weight is 328 g/mol. The molecule has 8 heteroatoms. The summed E-state index contributed by atoms with van der Waals surface area (Å²) in [5.74, 6) is 0.360. The predicted octanol–water partition coefficient (Wildman–Crippen LogP) is 2.17. The van der Waals surface area contributed by atoms with E-state index in [4.69, 9.17) is 4.74 Å². The minimum Gasteiger partial charge on any atom is -0.383 e. The zero-order valence-electron chi connectivity index (χ0n) is 13.2. The lowest BCUT2D eigenvalue weighted by Gasteiger charge is -2.25. The minimum absolute atomic E-state index is 0.138. The zero-order chi connectivity index (χ0) is 16.5. The molecule has 1 aliphatic heterocycles.